The van der Waals surface area contributed by atoms with Crippen LogP contribution in [-0.2, 0) is 4.79 Å². The Morgan fingerprint density at radius 2 is 2.08 bits per heavy atom. The molecule has 0 aliphatic rings. The molecule has 0 bridgehead atoms. The van der Waals surface area contributed by atoms with Crippen LogP contribution in [-0.4, -0.2) is 28.9 Å². The van der Waals surface area contributed by atoms with Gasteiger partial charge in [0.2, 0.25) is 5.91 Å². The lowest BCUT2D eigenvalue weighted by atomic mass is 10.3. The maximum Gasteiger partial charge on any atom is 0.236 e. The van der Waals surface area contributed by atoms with E-state index in [4.69, 9.17) is 28.6 Å². The lowest BCUT2D eigenvalue weighted by Gasteiger charge is -2.07. The lowest BCUT2D eigenvalue weighted by molar-refractivity contribution is -0.117. The number of carbonyl (C=O) groups excluding carboxylic acids is 1. The number of nitrogens with one attached hydrogen (secondary N) is 2. The molecule has 1 aromatic heterocycles. The van der Waals surface area contributed by atoms with E-state index in [-0.39, 0.29) is 16.8 Å². The molecule has 0 aliphatic heterocycles. The number of thiocarbonyl (C=S) groups is 1. The molecule has 0 atom stereocenters. The number of fused-ring (bicyclic) bond motifs is 1. The van der Waals surface area contributed by atoms with Crippen molar-refractivity contribution in [3.05, 3.63) is 47.5 Å². The van der Waals surface area contributed by atoms with Gasteiger partial charge in [-0.25, -0.2) is 4.98 Å². The average Bonchev–Trinajstić information content (AvgIpc) is 3.02. The predicted octanol–water partition coefficient (Wildman–Crippen LogP) is 4.56. The van der Waals surface area contributed by atoms with Crippen LogP contribution in [0.2, 0.25) is 5.02 Å². The van der Waals surface area contributed by atoms with E-state index >= 15 is 0 Å². The molecule has 0 saturated heterocycles. The predicted molar refractivity (Wildman–Crippen MR) is 113 cm³/mol. The van der Waals surface area contributed by atoms with Gasteiger partial charge in [-0.1, -0.05) is 22.9 Å². The van der Waals surface area contributed by atoms with Crippen molar-refractivity contribution in [3.8, 4) is 5.75 Å². The number of hydrogen-bond acceptors (Lipinski definition) is 6. The highest BCUT2D eigenvalue weighted by Crippen LogP contribution is 2.29. The summed E-state index contributed by atoms with van der Waals surface area (Å²) in [6.07, 6.45) is 0. The molecule has 0 fully saturated rings. The van der Waals surface area contributed by atoms with Gasteiger partial charge in [0.25, 0.3) is 0 Å². The van der Waals surface area contributed by atoms with Crippen molar-refractivity contribution in [1.82, 2.24) is 10.3 Å². The van der Waals surface area contributed by atoms with Crippen molar-refractivity contribution in [2.45, 2.75) is 4.90 Å². The van der Waals surface area contributed by atoms with Crippen LogP contribution >= 0.6 is 46.9 Å². The number of aromatic nitrogens is 1. The van der Waals surface area contributed by atoms with Crippen LogP contribution in [0.25, 0.3) is 10.2 Å². The van der Waals surface area contributed by atoms with Gasteiger partial charge in [0.05, 0.1) is 23.1 Å². The highest BCUT2D eigenvalue weighted by Gasteiger charge is 2.09. The minimum absolute atomic E-state index is 0.190. The second-order valence-corrected chi connectivity index (χ2v) is 8.02. The normalized spacial score (nSPS) is 10.5. The number of methoxy groups -OCH3 is 1. The van der Waals surface area contributed by atoms with Gasteiger partial charge in [-0.05, 0) is 54.7 Å². The third-order valence-electron chi connectivity index (χ3n) is 3.25. The first kappa shape index (κ1) is 18.9. The number of carbonyl (C=O) groups is 1. The largest absolute Gasteiger partial charge is 0.497 e. The fourth-order valence-corrected chi connectivity index (χ4v) is 4.05. The third kappa shape index (κ3) is 5.07. The van der Waals surface area contributed by atoms with Gasteiger partial charge >= 0.3 is 0 Å². The van der Waals surface area contributed by atoms with Gasteiger partial charge in [0.15, 0.2) is 10.2 Å². The van der Waals surface area contributed by atoms with Gasteiger partial charge in [0.1, 0.15) is 5.75 Å². The highest BCUT2D eigenvalue weighted by atomic mass is 35.5. The molecular formula is C17H14ClN3O2S3. The molecule has 9 heteroatoms. The molecule has 0 saturated carbocycles. The summed E-state index contributed by atoms with van der Waals surface area (Å²) in [4.78, 5) is 17.4. The number of thiazole rings is 1. The Kier molecular flexibility index (Phi) is 6.31. The van der Waals surface area contributed by atoms with Gasteiger partial charge in [0, 0.05) is 9.92 Å². The van der Waals surface area contributed by atoms with Crippen molar-refractivity contribution in [1.29, 1.82) is 0 Å². The van der Waals surface area contributed by atoms with Crippen molar-refractivity contribution >= 4 is 73.3 Å². The topological polar surface area (TPSA) is 63.2 Å². The number of benzene rings is 2. The minimum Gasteiger partial charge on any atom is -0.497 e. The first-order valence-corrected chi connectivity index (χ1v) is 10.1. The Hall–Kier alpha value is -1.87. The molecule has 5 nitrogen and oxygen atoms in total. The molecular weight excluding hydrogens is 410 g/mol. The van der Waals surface area contributed by atoms with E-state index < -0.39 is 0 Å². The first-order chi connectivity index (χ1) is 12.5. The van der Waals surface area contributed by atoms with E-state index in [1.165, 1.54) is 23.1 Å². The number of amides is 1. The van der Waals surface area contributed by atoms with Gasteiger partial charge < -0.3 is 15.4 Å². The number of rotatable bonds is 5. The Labute approximate surface area is 169 Å². The molecule has 134 valence electrons. The molecule has 26 heavy (non-hydrogen) atoms. The summed E-state index contributed by atoms with van der Waals surface area (Å²) in [7, 11) is 1.62. The number of anilines is 1. The SMILES string of the molecule is COc1ccc2nc(NC(=S)NC(=O)CSc3ccc(Cl)cc3)sc2c1. The molecule has 2 aromatic carbocycles. The summed E-state index contributed by atoms with van der Waals surface area (Å²) in [5.74, 6) is 0.827. The zero-order chi connectivity index (χ0) is 18.5. The van der Waals surface area contributed by atoms with Crippen LogP contribution in [0.5, 0.6) is 5.75 Å². The summed E-state index contributed by atoms with van der Waals surface area (Å²) in [6, 6.07) is 12.9. The molecule has 1 amide bonds. The van der Waals surface area contributed by atoms with Crippen molar-refractivity contribution in [2.75, 3.05) is 18.2 Å². The molecule has 0 aliphatic carbocycles. The molecule has 0 spiro atoms. The molecule has 1 heterocycles. The van der Waals surface area contributed by atoms with Crippen LogP contribution in [0.3, 0.4) is 0 Å². The fraction of sp³-hybridized carbons (Fsp3) is 0.118. The van der Waals surface area contributed by atoms with Crippen LogP contribution in [0.1, 0.15) is 0 Å². The maximum atomic E-state index is 12.0. The summed E-state index contributed by atoms with van der Waals surface area (Å²) in [5, 5.41) is 7.10. The van der Waals surface area contributed by atoms with Crippen LogP contribution in [0.4, 0.5) is 5.13 Å². The van der Waals surface area contributed by atoms with Crippen molar-refractivity contribution in [2.24, 2.45) is 0 Å². The van der Waals surface area contributed by atoms with E-state index in [0.29, 0.717) is 10.2 Å². The van der Waals surface area contributed by atoms with Gasteiger partial charge in [-0.2, -0.15) is 0 Å². The Balaban J connectivity index is 1.53. The zero-order valence-electron chi connectivity index (χ0n) is 13.6. The Bertz CT molecular complexity index is 944. The van der Waals surface area contributed by atoms with E-state index in [0.717, 1.165) is 20.9 Å². The number of thioether (sulfide) groups is 1. The fourth-order valence-electron chi connectivity index (χ4n) is 2.06. The maximum absolute atomic E-state index is 12.0. The second kappa shape index (κ2) is 8.68. The van der Waals surface area contributed by atoms with Crippen LogP contribution in [0.15, 0.2) is 47.4 Å². The van der Waals surface area contributed by atoms with E-state index in [9.17, 15) is 4.79 Å². The zero-order valence-corrected chi connectivity index (χ0v) is 16.8. The summed E-state index contributed by atoms with van der Waals surface area (Å²) >= 11 is 13.9. The number of nitrogens with zero attached hydrogens (tertiary/aromatic N) is 1. The van der Waals surface area contributed by atoms with E-state index in [1.807, 2.05) is 30.3 Å². The minimum atomic E-state index is -0.190. The smallest absolute Gasteiger partial charge is 0.236 e. The lowest BCUT2D eigenvalue weighted by Crippen LogP contribution is -2.35. The summed E-state index contributed by atoms with van der Waals surface area (Å²) in [5.41, 5.74) is 0.839. The molecule has 0 radical (unpaired) electrons. The summed E-state index contributed by atoms with van der Waals surface area (Å²) < 4.78 is 6.17. The number of halogens is 1. The van der Waals surface area contributed by atoms with Gasteiger partial charge in [-0.3, -0.25) is 4.79 Å². The van der Waals surface area contributed by atoms with E-state index in [2.05, 4.69) is 15.6 Å². The monoisotopic (exact) mass is 423 g/mol. The highest BCUT2D eigenvalue weighted by molar-refractivity contribution is 8.00. The second-order valence-electron chi connectivity index (χ2n) is 5.10. The molecule has 3 rings (SSSR count). The number of ether oxygens (including phenoxy) is 1. The quantitative estimate of drug-likeness (QED) is 0.463. The molecule has 0 unspecified atom stereocenters. The van der Waals surface area contributed by atoms with Crippen molar-refractivity contribution in [3.63, 3.8) is 0 Å². The first-order valence-electron chi connectivity index (χ1n) is 7.47. The third-order valence-corrected chi connectivity index (χ3v) is 5.65. The van der Waals surface area contributed by atoms with E-state index in [1.54, 1.807) is 19.2 Å². The Morgan fingerprint density at radius 1 is 1.31 bits per heavy atom. The summed E-state index contributed by atoms with van der Waals surface area (Å²) in [6.45, 7) is 0. The molecule has 2 N–H and O–H groups in total. The average molecular weight is 424 g/mol. The number of hydrogen-bond donors (Lipinski definition) is 2. The van der Waals surface area contributed by atoms with Crippen molar-refractivity contribution < 1.29 is 9.53 Å². The Morgan fingerprint density at radius 3 is 2.81 bits per heavy atom. The van der Waals surface area contributed by atoms with Crippen LogP contribution in [0, 0.1) is 0 Å². The van der Waals surface area contributed by atoms with Gasteiger partial charge in [-0.15, -0.1) is 11.8 Å². The standard InChI is InChI=1S/C17H14ClN3O2S3/c1-23-11-4-7-13-14(8-11)26-17(19-13)21-16(24)20-15(22)9-25-12-5-2-10(18)3-6-12/h2-8H,9H2,1H3,(H2,19,20,21,22,24). The van der Waals surface area contributed by atoms with Crippen LogP contribution < -0.4 is 15.4 Å². The molecule has 3 aromatic rings.